The Morgan fingerprint density at radius 2 is 1.18 bits per heavy atom. The number of carbonyl (C=O) groups excluding carboxylic acids is 1. The molecule has 0 radical (unpaired) electrons. The highest BCUT2D eigenvalue weighted by Gasteiger charge is 2.23. The molecule has 3 aromatic rings. The van der Waals surface area contributed by atoms with E-state index in [2.05, 4.69) is 18.2 Å². The van der Waals surface area contributed by atoms with Gasteiger partial charge in [0.15, 0.2) is 5.78 Å². The number of benzene rings is 3. The van der Waals surface area contributed by atoms with Crippen molar-refractivity contribution in [3.8, 4) is 11.1 Å². The van der Waals surface area contributed by atoms with Gasteiger partial charge in [-0.1, -0.05) is 60.7 Å². The first-order valence-corrected chi connectivity index (χ1v) is 7.15. The maximum atomic E-state index is 12.5. The molecule has 0 amide bonds. The molecule has 0 aliphatic heterocycles. The van der Waals surface area contributed by atoms with Crippen LogP contribution >= 0.6 is 0 Å². The zero-order valence-electron chi connectivity index (χ0n) is 12.0. The van der Waals surface area contributed by atoms with E-state index in [0.717, 1.165) is 27.5 Å². The van der Waals surface area contributed by atoms with E-state index in [1.165, 1.54) is 5.56 Å². The van der Waals surface area contributed by atoms with E-state index >= 15 is 0 Å². The van der Waals surface area contributed by atoms with Crippen LogP contribution in [0.1, 0.15) is 15.9 Å². The molecule has 3 aromatic carbocycles. The van der Waals surface area contributed by atoms with Gasteiger partial charge < -0.3 is 10.2 Å². The minimum atomic E-state index is -0.125. The number of rotatable bonds is 1. The molecule has 2 N–H and O–H groups in total. The zero-order chi connectivity index (χ0) is 15.5. The van der Waals surface area contributed by atoms with E-state index in [9.17, 15) is 4.79 Å². The Kier molecular flexibility index (Phi) is 4.00. The predicted octanol–water partition coefficient (Wildman–Crippen LogP) is 3.02. The number of hydrogen-bond acceptors (Lipinski definition) is 3. The molecular weight excluding hydrogens is 276 g/mol. The van der Waals surface area contributed by atoms with E-state index in [0.29, 0.717) is 0 Å². The van der Waals surface area contributed by atoms with Crippen LogP contribution in [0.15, 0.2) is 60.7 Å². The van der Waals surface area contributed by atoms with Gasteiger partial charge in [0.1, 0.15) is 0 Å². The first-order chi connectivity index (χ1) is 10.8. The Labute approximate surface area is 128 Å². The standard InChI is InChI=1S/C17H10O.C2H6O2/c18-17-14-8-2-1-7-12(14)13-9-3-5-11-6-4-10-15(17)16(11)13;3-1-2-4/h1-10H;3-4H,1-2H2. The molecule has 0 bridgehead atoms. The smallest absolute Gasteiger partial charge is 0.194 e. The molecule has 22 heavy (non-hydrogen) atoms. The van der Waals surface area contributed by atoms with E-state index < -0.39 is 0 Å². The predicted molar refractivity (Wildman–Crippen MR) is 87.0 cm³/mol. The van der Waals surface area contributed by atoms with Crippen molar-refractivity contribution in [3.63, 3.8) is 0 Å². The van der Waals surface area contributed by atoms with Crippen molar-refractivity contribution < 1.29 is 15.0 Å². The van der Waals surface area contributed by atoms with Crippen molar-refractivity contribution in [1.82, 2.24) is 0 Å². The van der Waals surface area contributed by atoms with Crippen LogP contribution in [0.3, 0.4) is 0 Å². The third kappa shape index (κ3) is 2.30. The molecule has 3 nitrogen and oxygen atoms in total. The Hall–Kier alpha value is -2.49. The third-order valence-electron chi connectivity index (χ3n) is 3.71. The Morgan fingerprint density at radius 1 is 0.636 bits per heavy atom. The summed E-state index contributed by atoms with van der Waals surface area (Å²) in [6.45, 7) is -0.250. The van der Waals surface area contributed by atoms with Crippen LogP contribution in [-0.2, 0) is 0 Å². The van der Waals surface area contributed by atoms with Crippen LogP contribution in [0.25, 0.3) is 21.9 Å². The van der Waals surface area contributed by atoms with Gasteiger partial charge in [0, 0.05) is 16.5 Å². The lowest BCUT2D eigenvalue weighted by molar-refractivity contribution is 0.104. The van der Waals surface area contributed by atoms with E-state index in [-0.39, 0.29) is 19.0 Å². The number of aliphatic hydroxyl groups excluding tert-OH is 2. The van der Waals surface area contributed by atoms with Crippen molar-refractivity contribution >= 4 is 16.6 Å². The van der Waals surface area contributed by atoms with Gasteiger partial charge in [0.05, 0.1) is 13.2 Å². The van der Waals surface area contributed by atoms with Crippen LogP contribution in [0.5, 0.6) is 0 Å². The molecular formula is C19H16O3. The molecule has 0 heterocycles. The summed E-state index contributed by atoms with van der Waals surface area (Å²) >= 11 is 0. The summed E-state index contributed by atoms with van der Waals surface area (Å²) in [5.41, 5.74) is 3.84. The minimum absolute atomic E-state index is 0.125. The first-order valence-electron chi connectivity index (χ1n) is 7.15. The summed E-state index contributed by atoms with van der Waals surface area (Å²) in [5.74, 6) is 0.134. The zero-order valence-corrected chi connectivity index (χ0v) is 12.0. The molecule has 0 spiro atoms. The molecule has 1 aliphatic carbocycles. The van der Waals surface area contributed by atoms with Gasteiger partial charge in [-0.05, 0) is 16.5 Å². The average Bonchev–Trinajstić information content (AvgIpc) is 2.59. The highest BCUT2D eigenvalue weighted by Crippen LogP contribution is 2.38. The van der Waals surface area contributed by atoms with Gasteiger partial charge in [-0.15, -0.1) is 0 Å². The summed E-state index contributed by atoms with van der Waals surface area (Å²) in [6.07, 6.45) is 0. The molecule has 0 aromatic heterocycles. The van der Waals surface area contributed by atoms with Crippen LogP contribution in [0.4, 0.5) is 0 Å². The number of aliphatic hydroxyl groups is 2. The third-order valence-corrected chi connectivity index (χ3v) is 3.71. The maximum Gasteiger partial charge on any atom is 0.194 e. The van der Waals surface area contributed by atoms with E-state index in [4.69, 9.17) is 10.2 Å². The van der Waals surface area contributed by atoms with Crippen molar-refractivity contribution in [3.05, 3.63) is 71.8 Å². The molecule has 0 fully saturated rings. The molecule has 110 valence electrons. The number of hydrogen-bond donors (Lipinski definition) is 2. The topological polar surface area (TPSA) is 57.5 Å². The lowest BCUT2D eigenvalue weighted by Gasteiger charge is -2.19. The fraction of sp³-hybridized carbons (Fsp3) is 0.105. The molecule has 0 unspecified atom stereocenters. The lowest BCUT2D eigenvalue weighted by Crippen LogP contribution is -2.09. The van der Waals surface area contributed by atoms with Crippen molar-refractivity contribution in [2.24, 2.45) is 0 Å². The minimum Gasteiger partial charge on any atom is -0.394 e. The second kappa shape index (κ2) is 6.10. The van der Waals surface area contributed by atoms with Gasteiger partial charge in [-0.3, -0.25) is 4.79 Å². The summed E-state index contributed by atoms with van der Waals surface area (Å²) in [6, 6.07) is 20.0. The van der Waals surface area contributed by atoms with Crippen molar-refractivity contribution in [2.75, 3.05) is 13.2 Å². The summed E-state index contributed by atoms with van der Waals surface area (Å²) in [4.78, 5) is 12.5. The van der Waals surface area contributed by atoms with E-state index in [1.54, 1.807) is 0 Å². The molecule has 3 heteroatoms. The molecule has 0 saturated carbocycles. The second-order valence-corrected chi connectivity index (χ2v) is 5.03. The fourth-order valence-electron chi connectivity index (χ4n) is 2.82. The largest absolute Gasteiger partial charge is 0.394 e. The van der Waals surface area contributed by atoms with Gasteiger partial charge in [0.25, 0.3) is 0 Å². The summed E-state index contributed by atoms with van der Waals surface area (Å²) in [5, 5.41) is 17.5. The van der Waals surface area contributed by atoms with Gasteiger partial charge in [-0.2, -0.15) is 0 Å². The molecule has 0 atom stereocenters. The maximum absolute atomic E-state index is 12.5. The summed E-state index contributed by atoms with van der Waals surface area (Å²) in [7, 11) is 0. The van der Waals surface area contributed by atoms with Gasteiger partial charge in [0.2, 0.25) is 0 Å². The Morgan fingerprint density at radius 3 is 1.82 bits per heavy atom. The van der Waals surface area contributed by atoms with Crippen LogP contribution in [0.2, 0.25) is 0 Å². The van der Waals surface area contributed by atoms with Gasteiger partial charge >= 0.3 is 0 Å². The molecule has 1 aliphatic rings. The van der Waals surface area contributed by atoms with Gasteiger partial charge in [-0.25, -0.2) is 0 Å². The fourth-order valence-corrected chi connectivity index (χ4v) is 2.82. The highest BCUT2D eigenvalue weighted by atomic mass is 16.3. The van der Waals surface area contributed by atoms with Crippen LogP contribution < -0.4 is 0 Å². The van der Waals surface area contributed by atoms with Crippen LogP contribution in [0, 0.1) is 0 Å². The average molecular weight is 292 g/mol. The first kappa shape index (κ1) is 14.4. The van der Waals surface area contributed by atoms with Crippen LogP contribution in [-0.4, -0.2) is 29.2 Å². The summed E-state index contributed by atoms with van der Waals surface area (Å²) < 4.78 is 0. The Balaban J connectivity index is 0.000000325. The number of ketones is 1. The van der Waals surface area contributed by atoms with E-state index in [1.807, 2.05) is 42.5 Å². The van der Waals surface area contributed by atoms with Crippen molar-refractivity contribution in [1.29, 1.82) is 0 Å². The molecule has 4 rings (SSSR count). The normalized spacial score (nSPS) is 11.6. The second-order valence-electron chi connectivity index (χ2n) is 5.03. The lowest BCUT2D eigenvalue weighted by atomic mass is 9.83. The Bertz CT molecular complexity index is 830. The number of fused-ring (bicyclic) bond motifs is 2. The quantitative estimate of drug-likeness (QED) is 0.567. The molecule has 0 saturated heterocycles. The van der Waals surface area contributed by atoms with Crippen molar-refractivity contribution in [2.45, 2.75) is 0 Å². The number of carbonyl (C=O) groups is 1. The SMILES string of the molecule is O=C1c2ccccc2-c2cccc3cccc1c23.OCCO. The highest BCUT2D eigenvalue weighted by molar-refractivity contribution is 6.25. The monoisotopic (exact) mass is 292 g/mol.